The molecule has 2 N–H and O–H groups in total. The van der Waals surface area contributed by atoms with Crippen LogP contribution < -0.4 is 10.9 Å². The van der Waals surface area contributed by atoms with E-state index in [9.17, 15) is 4.79 Å². The third-order valence-electron chi connectivity index (χ3n) is 4.47. The number of hydrazine groups is 1. The largest absolute Gasteiger partial charge is 0.341 e. The first kappa shape index (κ1) is 15.6. The predicted molar refractivity (Wildman–Crippen MR) is 89.7 cm³/mol. The Morgan fingerprint density at radius 3 is 3.16 bits per heavy atom. The number of nitrogens with zero attached hydrogens (tertiary/aromatic N) is 6. The highest BCUT2D eigenvalue weighted by atomic mass is 16.2. The molecule has 1 aromatic carbocycles. The lowest BCUT2D eigenvalue weighted by Gasteiger charge is -2.24. The molecule has 9 nitrogen and oxygen atoms in total. The van der Waals surface area contributed by atoms with Crippen LogP contribution in [0.15, 0.2) is 43.0 Å². The lowest BCUT2D eigenvalue weighted by atomic mass is 10.0. The molecule has 1 aliphatic heterocycles. The number of carbonyl (C=O) groups is 1. The van der Waals surface area contributed by atoms with Crippen molar-refractivity contribution in [2.45, 2.75) is 12.7 Å². The number of pyridine rings is 1. The third kappa shape index (κ3) is 2.94. The molecule has 3 heterocycles. The predicted octanol–water partition coefficient (Wildman–Crippen LogP) is 0.102. The highest BCUT2D eigenvalue weighted by Crippen LogP contribution is 2.22. The summed E-state index contributed by atoms with van der Waals surface area (Å²) in [7, 11) is 1.82. The normalized spacial score (nSPS) is 20.0. The Balaban J connectivity index is 1.54. The van der Waals surface area contributed by atoms with E-state index in [1.54, 1.807) is 15.8 Å². The summed E-state index contributed by atoms with van der Waals surface area (Å²) in [4.78, 5) is 18.8. The second kappa shape index (κ2) is 6.54. The molecule has 0 spiro atoms. The van der Waals surface area contributed by atoms with Gasteiger partial charge in [0, 0.05) is 37.9 Å². The van der Waals surface area contributed by atoms with Crippen molar-refractivity contribution in [2.24, 2.45) is 5.92 Å². The van der Waals surface area contributed by atoms with Crippen LogP contribution in [0.4, 0.5) is 0 Å². The second-order valence-corrected chi connectivity index (χ2v) is 6.07. The average molecular weight is 338 g/mol. The van der Waals surface area contributed by atoms with Crippen molar-refractivity contribution in [3.8, 4) is 0 Å². The van der Waals surface area contributed by atoms with Gasteiger partial charge in [-0.15, -0.1) is 5.10 Å². The smallest absolute Gasteiger partial charge is 0.230 e. The van der Waals surface area contributed by atoms with Gasteiger partial charge < -0.3 is 4.90 Å². The topological polar surface area (TPSA) is 101 Å². The fourth-order valence-corrected chi connectivity index (χ4v) is 3.20. The number of tetrazole rings is 1. The SMILES string of the molecule is CN(Cc1cccc2cnccc12)C(=O)C1CNNC1n1cnnn1. The van der Waals surface area contributed by atoms with E-state index in [1.165, 1.54) is 6.33 Å². The summed E-state index contributed by atoms with van der Waals surface area (Å²) >= 11 is 0. The van der Waals surface area contributed by atoms with Crippen molar-refractivity contribution in [1.29, 1.82) is 0 Å². The van der Waals surface area contributed by atoms with E-state index < -0.39 is 0 Å². The van der Waals surface area contributed by atoms with E-state index in [0.29, 0.717) is 13.1 Å². The molecule has 1 aliphatic rings. The quantitative estimate of drug-likeness (QED) is 0.696. The molecule has 0 saturated carbocycles. The van der Waals surface area contributed by atoms with Gasteiger partial charge in [-0.25, -0.2) is 10.1 Å². The van der Waals surface area contributed by atoms with Gasteiger partial charge >= 0.3 is 0 Å². The summed E-state index contributed by atoms with van der Waals surface area (Å²) in [6.45, 7) is 1.05. The lowest BCUT2D eigenvalue weighted by molar-refractivity contribution is -0.135. The van der Waals surface area contributed by atoms with Crippen molar-refractivity contribution in [2.75, 3.05) is 13.6 Å². The molecular weight excluding hydrogens is 320 g/mol. The van der Waals surface area contributed by atoms with Crippen LogP contribution in [0.1, 0.15) is 11.7 Å². The lowest BCUT2D eigenvalue weighted by Crippen LogP contribution is -2.38. The number of fused-ring (bicyclic) bond motifs is 1. The van der Waals surface area contributed by atoms with Crippen LogP contribution in [0.3, 0.4) is 0 Å². The minimum Gasteiger partial charge on any atom is -0.341 e. The van der Waals surface area contributed by atoms with Crippen LogP contribution in [0.5, 0.6) is 0 Å². The van der Waals surface area contributed by atoms with Crippen molar-refractivity contribution in [3.63, 3.8) is 0 Å². The first-order chi connectivity index (χ1) is 12.2. The Labute approximate surface area is 144 Å². The number of rotatable bonds is 4. The van der Waals surface area contributed by atoms with Crippen LogP contribution in [0, 0.1) is 5.92 Å². The Morgan fingerprint density at radius 1 is 1.40 bits per heavy atom. The Bertz CT molecular complexity index is 875. The van der Waals surface area contributed by atoms with Gasteiger partial charge in [-0.1, -0.05) is 18.2 Å². The van der Waals surface area contributed by atoms with E-state index >= 15 is 0 Å². The van der Waals surface area contributed by atoms with Gasteiger partial charge in [-0.2, -0.15) is 0 Å². The van der Waals surface area contributed by atoms with E-state index in [0.717, 1.165) is 16.3 Å². The molecule has 9 heteroatoms. The first-order valence-corrected chi connectivity index (χ1v) is 8.01. The van der Waals surface area contributed by atoms with Crippen molar-refractivity contribution < 1.29 is 4.79 Å². The summed E-state index contributed by atoms with van der Waals surface area (Å²) in [5.41, 5.74) is 7.16. The second-order valence-electron chi connectivity index (χ2n) is 6.07. The standard InChI is InChI=1S/C16H18N8O/c1-23(9-12-4-2-3-11-7-17-6-5-13(11)12)16(25)14-8-18-20-15(14)24-10-19-21-22-24/h2-7,10,14-15,18,20H,8-9H2,1H3. The van der Waals surface area contributed by atoms with Crippen molar-refractivity contribution in [1.82, 2.24) is 40.9 Å². The molecule has 3 aromatic rings. The molecule has 1 fully saturated rings. The van der Waals surface area contributed by atoms with E-state index in [4.69, 9.17) is 0 Å². The summed E-state index contributed by atoms with van der Waals surface area (Å²) in [5.74, 6) is -0.255. The summed E-state index contributed by atoms with van der Waals surface area (Å²) in [6, 6.07) is 8.02. The molecule has 0 radical (unpaired) electrons. The van der Waals surface area contributed by atoms with Gasteiger partial charge in [0.2, 0.25) is 5.91 Å². The maximum absolute atomic E-state index is 12.9. The fourth-order valence-electron chi connectivity index (χ4n) is 3.20. The number of hydrogen-bond acceptors (Lipinski definition) is 7. The molecule has 0 bridgehead atoms. The van der Waals surface area contributed by atoms with E-state index in [2.05, 4.69) is 31.4 Å². The zero-order valence-corrected chi connectivity index (χ0v) is 13.7. The molecule has 128 valence electrons. The number of amides is 1. The molecule has 4 rings (SSSR count). The van der Waals surface area contributed by atoms with Crippen LogP contribution in [-0.4, -0.2) is 49.6 Å². The van der Waals surface area contributed by atoms with Crippen LogP contribution in [0.2, 0.25) is 0 Å². The summed E-state index contributed by atoms with van der Waals surface area (Å²) < 4.78 is 1.56. The molecule has 2 unspecified atom stereocenters. The minimum atomic E-state index is -0.304. The maximum Gasteiger partial charge on any atom is 0.230 e. The molecular formula is C16H18N8O. The Hall–Kier alpha value is -2.91. The van der Waals surface area contributed by atoms with Gasteiger partial charge in [-0.3, -0.25) is 15.2 Å². The van der Waals surface area contributed by atoms with Crippen LogP contribution in [-0.2, 0) is 11.3 Å². The molecule has 0 aliphatic carbocycles. The van der Waals surface area contributed by atoms with Gasteiger partial charge in [-0.05, 0) is 27.4 Å². The molecule has 1 saturated heterocycles. The zero-order valence-electron chi connectivity index (χ0n) is 13.7. The highest BCUT2D eigenvalue weighted by molar-refractivity contribution is 5.85. The number of hydrogen-bond donors (Lipinski definition) is 2. The van der Waals surface area contributed by atoms with E-state index in [1.807, 2.05) is 37.5 Å². The number of benzene rings is 1. The van der Waals surface area contributed by atoms with Crippen LogP contribution in [0.25, 0.3) is 10.8 Å². The summed E-state index contributed by atoms with van der Waals surface area (Å²) in [5, 5.41) is 13.3. The van der Waals surface area contributed by atoms with E-state index in [-0.39, 0.29) is 18.0 Å². The van der Waals surface area contributed by atoms with Crippen LogP contribution >= 0.6 is 0 Å². The summed E-state index contributed by atoms with van der Waals surface area (Å²) in [6.07, 6.45) is 4.80. The maximum atomic E-state index is 12.9. The third-order valence-corrected chi connectivity index (χ3v) is 4.47. The number of aromatic nitrogens is 5. The van der Waals surface area contributed by atoms with Gasteiger partial charge in [0.25, 0.3) is 0 Å². The monoisotopic (exact) mass is 338 g/mol. The average Bonchev–Trinajstić information content (AvgIpc) is 3.32. The number of nitrogens with one attached hydrogen (secondary N) is 2. The molecule has 2 atom stereocenters. The number of carbonyl (C=O) groups excluding carboxylic acids is 1. The Kier molecular flexibility index (Phi) is 4.08. The Morgan fingerprint density at radius 2 is 2.32 bits per heavy atom. The zero-order chi connectivity index (χ0) is 17.2. The fraction of sp³-hybridized carbons (Fsp3) is 0.312. The van der Waals surface area contributed by atoms with Gasteiger partial charge in [0.05, 0.1) is 5.92 Å². The molecule has 25 heavy (non-hydrogen) atoms. The van der Waals surface area contributed by atoms with Crippen molar-refractivity contribution in [3.05, 3.63) is 48.5 Å². The first-order valence-electron chi connectivity index (χ1n) is 8.01. The molecule has 1 amide bonds. The van der Waals surface area contributed by atoms with Crippen molar-refractivity contribution >= 4 is 16.7 Å². The van der Waals surface area contributed by atoms with Gasteiger partial charge in [0.15, 0.2) is 0 Å². The van der Waals surface area contributed by atoms with Gasteiger partial charge in [0.1, 0.15) is 12.5 Å². The minimum absolute atomic E-state index is 0.0315. The molecule has 2 aromatic heterocycles. The highest BCUT2D eigenvalue weighted by Gasteiger charge is 2.36.